The number of nitrogens with zero attached hydrogens (tertiary/aromatic N) is 2. The van der Waals surface area contributed by atoms with Crippen molar-refractivity contribution in [1.29, 1.82) is 0 Å². The second-order valence-corrected chi connectivity index (χ2v) is 8.32. The van der Waals surface area contributed by atoms with Crippen LogP contribution in [0.5, 0.6) is 0 Å². The molecule has 1 aromatic carbocycles. The van der Waals surface area contributed by atoms with Crippen molar-refractivity contribution >= 4 is 17.2 Å². The fraction of sp³-hybridized carbons (Fsp3) is 0.381. The van der Waals surface area contributed by atoms with Crippen molar-refractivity contribution < 1.29 is 9.21 Å². The minimum atomic E-state index is -0.0590. The molecule has 2 aromatic heterocycles. The van der Waals surface area contributed by atoms with Gasteiger partial charge in [-0.2, -0.15) is 0 Å². The van der Waals surface area contributed by atoms with Crippen LogP contribution in [-0.2, 0) is 23.1 Å². The maximum atomic E-state index is 12.2. The van der Waals surface area contributed by atoms with Crippen LogP contribution in [-0.4, -0.2) is 22.4 Å². The Bertz CT molecular complexity index is 891. The molecule has 0 aliphatic carbocycles. The van der Waals surface area contributed by atoms with Crippen LogP contribution in [0, 0.1) is 6.92 Å². The molecule has 5 nitrogen and oxygen atoms in total. The van der Waals surface area contributed by atoms with E-state index in [2.05, 4.69) is 48.2 Å². The number of carbonyl (C=O) groups is 1. The molecule has 0 spiro atoms. The minimum Gasteiger partial charge on any atom is -0.441 e. The molecule has 1 N–H and O–H groups in total. The largest absolute Gasteiger partial charge is 0.441 e. The first-order valence-corrected chi connectivity index (χ1v) is 9.98. The molecular weight excluding hydrogens is 358 g/mol. The van der Waals surface area contributed by atoms with E-state index in [0.717, 1.165) is 17.7 Å². The smallest absolute Gasteiger partial charge is 0.226 e. The molecule has 6 heteroatoms. The van der Waals surface area contributed by atoms with Crippen molar-refractivity contribution in [3.05, 3.63) is 57.9 Å². The van der Waals surface area contributed by atoms with E-state index in [1.54, 1.807) is 16.8 Å². The van der Waals surface area contributed by atoms with Crippen LogP contribution >= 0.6 is 11.3 Å². The van der Waals surface area contributed by atoms with E-state index >= 15 is 0 Å². The highest BCUT2D eigenvalue weighted by Crippen LogP contribution is 2.27. The Hall–Kier alpha value is -2.47. The number of aryl methyl sites for hydroxylation is 1. The third kappa shape index (κ3) is 5.04. The molecule has 142 valence electrons. The summed E-state index contributed by atoms with van der Waals surface area (Å²) in [5, 5.41) is 4.90. The summed E-state index contributed by atoms with van der Waals surface area (Å²) in [4.78, 5) is 20.9. The molecule has 27 heavy (non-hydrogen) atoms. The first-order valence-electron chi connectivity index (χ1n) is 9.04. The molecular formula is C21H25N3O2S. The van der Waals surface area contributed by atoms with E-state index < -0.39 is 0 Å². The highest BCUT2D eigenvalue weighted by molar-refractivity contribution is 7.07. The third-order valence-corrected chi connectivity index (χ3v) is 5.04. The van der Waals surface area contributed by atoms with Crippen molar-refractivity contribution in [2.75, 3.05) is 6.54 Å². The summed E-state index contributed by atoms with van der Waals surface area (Å²) in [6, 6.07) is 8.23. The predicted octanol–water partition coefficient (Wildman–Crippen LogP) is 4.31. The summed E-state index contributed by atoms with van der Waals surface area (Å²) in [7, 11) is 0. The lowest BCUT2D eigenvalue weighted by molar-refractivity contribution is -0.120. The summed E-state index contributed by atoms with van der Waals surface area (Å²) >= 11 is 1.56. The van der Waals surface area contributed by atoms with E-state index in [0.29, 0.717) is 23.9 Å². The molecule has 0 fully saturated rings. The molecule has 0 aliphatic rings. The Labute approximate surface area is 163 Å². The van der Waals surface area contributed by atoms with Crippen LogP contribution in [0.4, 0.5) is 0 Å². The molecule has 3 rings (SSSR count). The molecule has 0 saturated heterocycles. The second-order valence-electron chi connectivity index (χ2n) is 7.61. The van der Waals surface area contributed by atoms with Crippen molar-refractivity contribution in [3.63, 3.8) is 0 Å². The summed E-state index contributed by atoms with van der Waals surface area (Å²) < 4.78 is 5.79. The quantitative estimate of drug-likeness (QED) is 0.689. The van der Waals surface area contributed by atoms with Crippen molar-refractivity contribution in [3.8, 4) is 11.5 Å². The lowest BCUT2D eigenvalue weighted by Gasteiger charge is -2.18. The van der Waals surface area contributed by atoms with E-state index in [-0.39, 0.29) is 17.7 Å². The number of carbonyl (C=O) groups excluding carboxylic acids is 1. The number of hydrogen-bond acceptors (Lipinski definition) is 5. The van der Waals surface area contributed by atoms with Gasteiger partial charge >= 0.3 is 0 Å². The minimum absolute atomic E-state index is 0.0590. The van der Waals surface area contributed by atoms with Crippen molar-refractivity contribution in [2.45, 2.75) is 46.0 Å². The lowest BCUT2D eigenvalue weighted by atomic mass is 9.87. The van der Waals surface area contributed by atoms with Gasteiger partial charge in [-0.3, -0.25) is 4.79 Å². The van der Waals surface area contributed by atoms with Gasteiger partial charge in [0, 0.05) is 23.9 Å². The number of hydrogen-bond donors (Lipinski definition) is 1. The zero-order chi connectivity index (χ0) is 19.4. The average Bonchev–Trinajstić information content (AvgIpc) is 3.25. The van der Waals surface area contributed by atoms with E-state index in [4.69, 9.17) is 4.42 Å². The number of rotatable bonds is 6. The maximum Gasteiger partial charge on any atom is 0.226 e. The fourth-order valence-corrected chi connectivity index (χ4v) is 3.33. The van der Waals surface area contributed by atoms with Gasteiger partial charge < -0.3 is 9.73 Å². The number of benzene rings is 1. The zero-order valence-corrected chi connectivity index (χ0v) is 17.0. The first kappa shape index (κ1) is 19.3. The predicted molar refractivity (Wildman–Crippen MR) is 108 cm³/mol. The lowest BCUT2D eigenvalue weighted by Crippen LogP contribution is -2.27. The van der Waals surface area contributed by atoms with Gasteiger partial charge in [0.05, 0.1) is 23.3 Å². The topological polar surface area (TPSA) is 68.0 Å². The van der Waals surface area contributed by atoms with Gasteiger partial charge in [0.15, 0.2) is 0 Å². The van der Waals surface area contributed by atoms with Gasteiger partial charge in [-0.05, 0) is 30.0 Å². The Morgan fingerprint density at radius 2 is 1.96 bits per heavy atom. The zero-order valence-electron chi connectivity index (χ0n) is 16.2. The van der Waals surface area contributed by atoms with E-state index in [1.807, 2.05) is 24.4 Å². The number of amides is 1. The van der Waals surface area contributed by atoms with Crippen LogP contribution in [0.2, 0.25) is 0 Å². The van der Waals surface area contributed by atoms with Crippen LogP contribution < -0.4 is 5.32 Å². The Kier molecular flexibility index (Phi) is 5.75. The van der Waals surface area contributed by atoms with Gasteiger partial charge in [-0.25, -0.2) is 9.97 Å². The second kappa shape index (κ2) is 8.05. The highest BCUT2D eigenvalue weighted by Gasteiger charge is 2.17. The van der Waals surface area contributed by atoms with Gasteiger partial charge in [-0.15, -0.1) is 11.3 Å². The highest BCUT2D eigenvalue weighted by atomic mass is 32.1. The van der Waals surface area contributed by atoms with Crippen molar-refractivity contribution in [2.24, 2.45) is 0 Å². The third-order valence-electron chi connectivity index (χ3n) is 4.41. The van der Waals surface area contributed by atoms with Gasteiger partial charge in [0.25, 0.3) is 0 Å². The van der Waals surface area contributed by atoms with E-state index in [9.17, 15) is 4.79 Å². The molecule has 0 unspecified atom stereocenters. The summed E-state index contributed by atoms with van der Waals surface area (Å²) in [5.41, 5.74) is 5.75. The van der Waals surface area contributed by atoms with Crippen LogP contribution in [0.1, 0.15) is 43.5 Å². The SMILES string of the molecule is Cc1oc(-c2ccc(C(C)(C)C)cc2)nc1CC(=O)NCCc1cscn1. The molecule has 0 bridgehead atoms. The number of aromatic nitrogens is 2. The Morgan fingerprint density at radius 3 is 2.59 bits per heavy atom. The molecule has 3 aromatic rings. The first-order chi connectivity index (χ1) is 12.8. The van der Waals surface area contributed by atoms with Crippen LogP contribution in [0.25, 0.3) is 11.5 Å². The van der Waals surface area contributed by atoms with Gasteiger partial charge in [0.1, 0.15) is 5.76 Å². The van der Waals surface area contributed by atoms with Gasteiger partial charge in [-0.1, -0.05) is 32.9 Å². The Morgan fingerprint density at radius 1 is 1.22 bits per heavy atom. The Balaban J connectivity index is 1.61. The monoisotopic (exact) mass is 383 g/mol. The maximum absolute atomic E-state index is 12.2. The number of nitrogens with one attached hydrogen (secondary N) is 1. The standard InChI is InChI=1S/C21H25N3O2S/c1-14-18(11-19(25)22-10-9-17-12-27-13-23-17)24-20(26-14)15-5-7-16(8-6-15)21(2,3)4/h5-8,12-13H,9-11H2,1-4H3,(H,22,25). The summed E-state index contributed by atoms with van der Waals surface area (Å²) in [6.07, 6.45) is 0.949. The summed E-state index contributed by atoms with van der Waals surface area (Å²) in [5.74, 6) is 1.18. The van der Waals surface area contributed by atoms with Crippen LogP contribution in [0.3, 0.4) is 0 Å². The molecule has 0 saturated carbocycles. The molecule has 0 atom stereocenters. The normalized spacial score (nSPS) is 11.6. The molecule has 1 amide bonds. The number of oxazole rings is 1. The molecule has 2 heterocycles. The van der Waals surface area contributed by atoms with E-state index in [1.165, 1.54) is 5.56 Å². The molecule has 0 radical (unpaired) electrons. The van der Waals surface area contributed by atoms with Gasteiger partial charge in [0.2, 0.25) is 11.8 Å². The fourth-order valence-electron chi connectivity index (χ4n) is 2.73. The molecule has 0 aliphatic heterocycles. The number of thiazole rings is 1. The average molecular weight is 384 g/mol. The van der Waals surface area contributed by atoms with Crippen molar-refractivity contribution in [1.82, 2.24) is 15.3 Å². The summed E-state index contributed by atoms with van der Waals surface area (Å²) in [6.45, 7) is 8.96. The van der Waals surface area contributed by atoms with Crippen LogP contribution in [0.15, 0.2) is 39.6 Å².